The first-order chi connectivity index (χ1) is 8.02. The Hall–Kier alpha value is -1.00. The van der Waals surface area contributed by atoms with Crippen LogP contribution in [0.4, 0.5) is 5.69 Å². The van der Waals surface area contributed by atoms with Crippen LogP contribution in [0.2, 0.25) is 5.15 Å². The van der Waals surface area contributed by atoms with E-state index in [2.05, 4.69) is 4.98 Å². The first kappa shape index (κ1) is 12.5. The summed E-state index contributed by atoms with van der Waals surface area (Å²) in [5, 5.41) is 0.355. The molecule has 0 spiro atoms. The fourth-order valence-corrected chi connectivity index (χ4v) is 2.37. The molecule has 17 heavy (non-hydrogen) atoms. The lowest BCUT2D eigenvalue weighted by molar-refractivity contribution is -0.0729. The largest absolute Gasteiger partial charge is 0.474 e. The smallest absolute Gasteiger partial charge is 0.217 e. The third-order valence-corrected chi connectivity index (χ3v) is 2.93. The van der Waals surface area contributed by atoms with Crippen LogP contribution < -0.4 is 10.5 Å². The van der Waals surface area contributed by atoms with Gasteiger partial charge >= 0.3 is 0 Å². The van der Waals surface area contributed by atoms with Gasteiger partial charge < -0.3 is 15.2 Å². The van der Waals surface area contributed by atoms with Crippen molar-refractivity contribution in [2.24, 2.45) is 0 Å². The van der Waals surface area contributed by atoms with E-state index in [1.807, 2.05) is 13.8 Å². The fraction of sp³-hybridized carbons (Fsp3) is 0.583. The third kappa shape index (κ3) is 3.48. The molecular formula is C12H17ClN2O2. The number of anilines is 1. The number of pyridine rings is 1. The number of aromatic nitrogens is 1. The van der Waals surface area contributed by atoms with Crippen molar-refractivity contribution in [2.45, 2.75) is 45.0 Å². The topological polar surface area (TPSA) is 57.4 Å². The van der Waals surface area contributed by atoms with E-state index in [0.29, 0.717) is 16.7 Å². The minimum absolute atomic E-state index is 0.110. The van der Waals surface area contributed by atoms with Crippen LogP contribution in [0.1, 0.15) is 26.7 Å². The first-order valence-corrected chi connectivity index (χ1v) is 6.16. The minimum atomic E-state index is 0.110. The first-order valence-electron chi connectivity index (χ1n) is 5.78. The molecule has 1 aliphatic heterocycles. The Morgan fingerprint density at radius 3 is 2.59 bits per heavy atom. The SMILES string of the molecule is CC1CC(Oc2cc(N)cc(Cl)n2)CC(C)O1. The number of ether oxygens (including phenoxy) is 2. The van der Waals surface area contributed by atoms with Gasteiger partial charge in [-0.2, -0.15) is 0 Å². The number of halogens is 1. The molecule has 0 amide bonds. The van der Waals surface area contributed by atoms with Crippen LogP contribution in [0, 0.1) is 0 Å². The summed E-state index contributed by atoms with van der Waals surface area (Å²) >= 11 is 5.83. The highest BCUT2D eigenvalue weighted by Gasteiger charge is 2.26. The molecule has 5 heteroatoms. The zero-order valence-corrected chi connectivity index (χ0v) is 10.8. The number of rotatable bonds is 2. The molecule has 2 unspecified atom stereocenters. The Bertz CT molecular complexity index is 370. The van der Waals surface area contributed by atoms with Crippen LogP contribution in [0.5, 0.6) is 5.88 Å². The van der Waals surface area contributed by atoms with Crippen molar-refractivity contribution in [3.8, 4) is 5.88 Å². The summed E-state index contributed by atoms with van der Waals surface area (Å²) < 4.78 is 11.5. The second kappa shape index (κ2) is 5.10. The lowest BCUT2D eigenvalue weighted by atomic mass is 10.0. The minimum Gasteiger partial charge on any atom is -0.474 e. The van der Waals surface area contributed by atoms with Crippen LogP contribution in [0.3, 0.4) is 0 Å². The van der Waals surface area contributed by atoms with Gasteiger partial charge in [0.2, 0.25) is 5.88 Å². The van der Waals surface area contributed by atoms with Crippen molar-refractivity contribution >= 4 is 17.3 Å². The summed E-state index contributed by atoms with van der Waals surface area (Å²) in [6.45, 7) is 4.09. The van der Waals surface area contributed by atoms with Crippen molar-refractivity contribution in [3.63, 3.8) is 0 Å². The van der Waals surface area contributed by atoms with Gasteiger partial charge in [-0.15, -0.1) is 0 Å². The molecule has 0 radical (unpaired) electrons. The van der Waals surface area contributed by atoms with E-state index in [-0.39, 0.29) is 18.3 Å². The Morgan fingerprint density at radius 1 is 1.35 bits per heavy atom. The van der Waals surface area contributed by atoms with Crippen LogP contribution in [-0.4, -0.2) is 23.3 Å². The molecule has 1 aliphatic rings. The monoisotopic (exact) mass is 256 g/mol. The number of hydrogen-bond donors (Lipinski definition) is 1. The maximum atomic E-state index is 5.83. The molecular weight excluding hydrogens is 240 g/mol. The van der Waals surface area contributed by atoms with Gasteiger partial charge in [-0.25, -0.2) is 4.98 Å². The van der Waals surface area contributed by atoms with Crippen LogP contribution >= 0.6 is 11.6 Å². The lowest BCUT2D eigenvalue weighted by Crippen LogP contribution is -2.35. The second-order valence-corrected chi connectivity index (χ2v) is 4.92. The standard InChI is InChI=1S/C12H17ClN2O2/c1-7-3-10(4-8(2)16-7)17-12-6-9(14)5-11(13)15-12/h5-8,10H,3-4H2,1-2H3,(H2,14,15). The third-order valence-electron chi connectivity index (χ3n) is 2.73. The predicted molar refractivity (Wildman–Crippen MR) is 67.3 cm³/mol. The molecule has 4 nitrogen and oxygen atoms in total. The van der Waals surface area contributed by atoms with E-state index in [1.54, 1.807) is 12.1 Å². The van der Waals surface area contributed by atoms with Gasteiger partial charge in [0.1, 0.15) is 11.3 Å². The van der Waals surface area contributed by atoms with Gasteiger partial charge in [-0.05, 0) is 19.9 Å². The molecule has 2 rings (SSSR count). The average molecular weight is 257 g/mol. The van der Waals surface area contributed by atoms with E-state index < -0.39 is 0 Å². The van der Waals surface area contributed by atoms with Crippen LogP contribution in [0.15, 0.2) is 12.1 Å². The molecule has 0 aliphatic carbocycles. The van der Waals surface area contributed by atoms with Crippen molar-refractivity contribution < 1.29 is 9.47 Å². The quantitative estimate of drug-likeness (QED) is 0.827. The van der Waals surface area contributed by atoms with E-state index in [9.17, 15) is 0 Å². The summed E-state index contributed by atoms with van der Waals surface area (Å²) in [5.41, 5.74) is 6.25. The highest BCUT2D eigenvalue weighted by atomic mass is 35.5. The molecule has 2 heterocycles. The van der Waals surface area contributed by atoms with Crippen molar-refractivity contribution in [1.82, 2.24) is 4.98 Å². The van der Waals surface area contributed by atoms with Gasteiger partial charge in [0.05, 0.1) is 12.2 Å². The van der Waals surface area contributed by atoms with Gasteiger partial charge in [0, 0.05) is 24.6 Å². The number of nitrogens with two attached hydrogens (primary N) is 1. The molecule has 2 N–H and O–H groups in total. The molecule has 1 saturated heterocycles. The summed E-state index contributed by atoms with van der Waals surface area (Å²) in [6, 6.07) is 3.29. The Balaban J connectivity index is 2.04. The van der Waals surface area contributed by atoms with E-state index in [0.717, 1.165) is 12.8 Å². The van der Waals surface area contributed by atoms with Gasteiger partial charge in [0.15, 0.2) is 0 Å². The van der Waals surface area contributed by atoms with E-state index in [4.69, 9.17) is 26.8 Å². The highest BCUT2D eigenvalue weighted by molar-refractivity contribution is 6.29. The zero-order valence-electron chi connectivity index (χ0n) is 10.0. The van der Waals surface area contributed by atoms with Crippen molar-refractivity contribution in [1.29, 1.82) is 0 Å². The summed E-state index contributed by atoms with van der Waals surface area (Å²) in [4.78, 5) is 4.10. The summed E-state index contributed by atoms with van der Waals surface area (Å²) in [6.07, 6.45) is 2.25. The molecule has 0 aromatic carbocycles. The van der Waals surface area contributed by atoms with Crippen molar-refractivity contribution in [2.75, 3.05) is 5.73 Å². The highest BCUT2D eigenvalue weighted by Crippen LogP contribution is 2.25. The summed E-state index contributed by atoms with van der Waals surface area (Å²) in [5.74, 6) is 0.487. The normalized spacial score (nSPS) is 29.0. The Morgan fingerprint density at radius 2 is 2.00 bits per heavy atom. The molecule has 2 atom stereocenters. The van der Waals surface area contributed by atoms with Gasteiger partial charge in [-0.3, -0.25) is 0 Å². The van der Waals surface area contributed by atoms with E-state index in [1.165, 1.54) is 0 Å². The van der Waals surface area contributed by atoms with Crippen LogP contribution in [-0.2, 0) is 4.74 Å². The lowest BCUT2D eigenvalue weighted by Gasteiger charge is -2.31. The maximum Gasteiger partial charge on any atom is 0.217 e. The molecule has 0 saturated carbocycles. The molecule has 94 valence electrons. The number of hydrogen-bond acceptors (Lipinski definition) is 4. The molecule has 1 fully saturated rings. The van der Waals surface area contributed by atoms with Crippen molar-refractivity contribution in [3.05, 3.63) is 17.3 Å². The van der Waals surface area contributed by atoms with Crippen LogP contribution in [0.25, 0.3) is 0 Å². The van der Waals surface area contributed by atoms with E-state index >= 15 is 0 Å². The zero-order chi connectivity index (χ0) is 12.4. The Labute approximate surface area is 106 Å². The molecule has 1 aromatic heterocycles. The molecule has 1 aromatic rings. The summed E-state index contributed by atoms with van der Waals surface area (Å²) in [7, 11) is 0. The average Bonchev–Trinajstić information content (AvgIpc) is 2.13. The number of nitrogens with zero attached hydrogens (tertiary/aromatic N) is 1. The maximum absolute atomic E-state index is 5.83. The van der Waals surface area contributed by atoms with Gasteiger partial charge in [0.25, 0.3) is 0 Å². The fourth-order valence-electron chi connectivity index (χ4n) is 2.16. The Kier molecular flexibility index (Phi) is 3.74. The molecule has 0 bridgehead atoms. The second-order valence-electron chi connectivity index (χ2n) is 4.53. The van der Waals surface area contributed by atoms with Gasteiger partial charge in [-0.1, -0.05) is 11.6 Å². The predicted octanol–water partition coefficient (Wildman–Crippen LogP) is 2.65. The number of nitrogen functional groups attached to an aromatic ring is 1.